The molecule has 2 N–H and O–H groups in total. The van der Waals surface area contributed by atoms with Gasteiger partial charge in [0.05, 0.1) is 0 Å². The third-order valence-corrected chi connectivity index (χ3v) is 6.52. The van der Waals surface area contributed by atoms with Crippen LogP contribution in [0.25, 0.3) is 34.0 Å². The van der Waals surface area contributed by atoms with Crippen molar-refractivity contribution in [2.24, 2.45) is 0 Å². The standard InChI is InChI=1S/C28H24FN3O7/c29-23-11-9-20(10-12-23)19-5-7-22(8-6-19)25-30-24(31-39-25)21-3-1-18(2-4-21)17-32-15-13-28(14-16-32,37-26(33)34)38-27(35)36/h1-12H,13-17H2,(H,33,34)(H,35,36). The second kappa shape index (κ2) is 10.9. The molecule has 0 aliphatic carbocycles. The molecular weight excluding hydrogens is 509 g/mol. The Labute approximate surface area is 222 Å². The Kier molecular flexibility index (Phi) is 7.24. The van der Waals surface area contributed by atoms with Crippen molar-refractivity contribution in [2.75, 3.05) is 13.1 Å². The molecule has 0 saturated carbocycles. The molecule has 10 nitrogen and oxygen atoms in total. The Morgan fingerprint density at radius 1 is 0.821 bits per heavy atom. The van der Waals surface area contributed by atoms with Crippen LogP contribution in [0.1, 0.15) is 18.4 Å². The molecule has 1 fully saturated rings. The lowest BCUT2D eigenvalue weighted by Crippen LogP contribution is -2.49. The number of benzene rings is 3. The summed E-state index contributed by atoms with van der Waals surface area (Å²) in [7, 11) is 0. The average molecular weight is 534 g/mol. The van der Waals surface area contributed by atoms with E-state index in [1.54, 1.807) is 12.1 Å². The van der Waals surface area contributed by atoms with Gasteiger partial charge in [0.15, 0.2) is 0 Å². The molecule has 0 spiro atoms. The highest BCUT2D eigenvalue weighted by Gasteiger charge is 2.42. The average Bonchev–Trinajstić information content (AvgIpc) is 3.41. The minimum Gasteiger partial charge on any atom is -0.450 e. The number of carbonyl (C=O) groups is 2. The lowest BCUT2D eigenvalue weighted by molar-refractivity contribution is -0.205. The molecule has 11 heteroatoms. The number of aromatic nitrogens is 2. The largest absolute Gasteiger partial charge is 0.509 e. The van der Waals surface area contributed by atoms with Gasteiger partial charge in [-0.1, -0.05) is 53.7 Å². The monoisotopic (exact) mass is 533 g/mol. The molecule has 0 radical (unpaired) electrons. The quantitative estimate of drug-likeness (QED) is 0.219. The summed E-state index contributed by atoms with van der Waals surface area (Å²) in [6, 6.07) is 21.5. The highest BCUT2D eigenvalue weighted by Crippen LogP contribution is 2.30. The van der Waals surface area contributed by atoms with Crippen LogP contribution in [0.2, 0.25) is 0 Å². The van der Waals surface area contributed by atoms with Gasteiger partial charge >= 0.3 is 12.3 Å². The van der Waals surface area contributed by atoms with Gasteiger partial charge in [0.2, 0.25) is 5.82 Å². The van der Waals surface area contributed by atoms with Crippen molar-refractivity contribution in [1.82, 2.24) is 15.0 Å². The number of halogens is 1. The normalized spacial score (nSPS) is 15.0. The number of likely N-dealkylation sites (tertiary alicyclic amines) is 1. The van der Waals surface area contributed by atoms with E-state index >= 15 is 0 Å². The molecule has 2 heterocycles. The molecule has 3 aromatic carbocycles. The first-order chi connectivity index (χ1) is 18.8. The highest BCUT2D eigenvalue weighted by molar-refractivity contribution is 5.68. The number of carboxylic acid groups (broad SMARTS) is 2. The van der Waals surface area contributed by atoms with Crippen molar-refractivity contribution >= 4 is 12.3 Å². The van der Waals surface area contributed by atoms with Crippen LogP contribution in [0.3, 0.4) is 0 Å². The van der Waals surface area contributed by atoms with E-state index in [9.17, 15) is 14.0 Å². The summed E-state index contributed by atoms with van der Waals surface area (Å²) in [6.45, 7) is 1.38. The molecule has 1 aliphatic heterocycles. The van der Waals surface area contributed by atoms with E-state index in [4.69, 9.17) is 24.2 Å². The van der Waals surface area contributed by atoms with Gasteiger partial charge in [0.25, 0.3) is 11.7 Å². The Balaban J connectivity index is 1.20. The first kappa shape index (κ1) is 25.9. The molecule has 1 saturated heterocycles. The van der Waals surface area contributed by atoms with Crippen LogP contribution < -0.4 is 0 Å². The number of nitrogens with zero attached hydrogens (tertiary/aromatic N) is 3. The van der Waals surface area contributed by atoms with Crippen LogP contribution in [0.15, 0.2) is 77.3 Å². The van der Waals surface area contributed by atoms with E-state index in [2.05, 4.69) is 15.0 Å². The van der Waals surface area contributed by atoms with Gasteiger partial charge in [0, 0.05) is 43.6 Å². The van der Waals surface area contributed by atoms with Crippen molar-refractivity contribution < 1.29 is 38.2 Å². The molecule has 200 valence electrons. The molecule has 1 aliphatic rings. The van der Waals surface area contributed by atoms with Crippen LogP contribution in [-0.4, -0.2) is 56.4 Å². The summed E-state index contributed by atoms with van der Waals surface area (Å²) in [6.07, 6.45) is -2.96. The summed E-state index contributed by atoms with van der Waals surface area (Å²) in [5, 5.41) is 22.0. The molecular formula is C28H24FN3O7. The van der Waals surface area contributed by atoms with E-state index < -0.39 is 18.1 Å². The van der Waals surface area contributed by atoms with Crippen LogP contribution in [-0.2, 0) is 16.0 Å². The maximum atomic E-state index is 13.2. The van der Waals surface area contributed by atoms with Gasteiger partial charge in [-0.05, 0) is 41.0 Å². The summed E-state index contributed by atoms with van der Waals surface area (Å²) < 4.78 is 28.2. The molecule has 0 bridgehead atoms. The molecule has 4 aromatic rings. The lowest BCUT2D eigenvalue weighted by Gasteiger charge is -2.38. The molecule has 0 amide bonds. The first-order valence-corrected chi connectivity index (χ1v) is 12.1. The molecule has 0 unspecified atom stereocenters. The maximum Gasteiger partial charge on any atom is 0.509 e. The summed E-state index contributed by atoms with van der Waals surface area (Å²) in [5.41, 5.74) is 4.39. The van der Waals surface area contributed by atoms with Crippen molar-refractivity contribution in [2.45, 2.75) is 25.2 Å². The van der Waals surface area contributed by atoms with Gasteiger partial charge in [0.1, 0.15) is 5.82 Å². The second-order valence-electron chi connectivity index (χ2n) is 9.13. The topological polar surface area (TPSA) is 135 Å². The van der Waals surface area contributed by atoms with Crippen molar-refractivity contribution in [1.29, 1.82) is 0 Å². The minimum atomic E-state index is -1.68. The predicted octanol–water partition coefficient (Wildman–Crippen LogP) is 5.89. The zero-order valence-corrected chi connectivity index (χ0v) is 20.6. The summed E-state index contributed by atoms with van der Waals surface area (Å²) in [4.78, 5) is 28.6. The number of ether oxygens (including phenoxy) is 2. The third kappa shape index (κ3) is 6.21. The second-order valence-corrected chi connectivity index (χ2v) is 9.13. The molecule has 0 atom stereocenters. The summed E-state index contributed by atoms with van der Waals surface area (Å²) >= 11 is 0. The Morgan fingerprint density at radius 3 is 1.90 bits per heavy atom. The summed E-state index contributed by atoms with van der Waals surface area (Å²) in [5.74, 6) is -1.15. The Hall–Kier alpha value is -4.77. The van der Waals surface area contributed by atoms with Crippen LogP contribution >= 0.6 is 0 Å². The van der Waals surface area contributed by atoms with Gasteiger partial charge in [-0.15, -0.1) is 0 Å². The van der Waals surface area contributed by atoms with E-state index in [0.717, 1.165) is 27.8 Å². The van der Waals surface area contributed by atoms with Crippen molar-refractivity contribution in [3.8, 4) is 34.0 Å². The zero-order chi connectivity index (χ0) is 27.4. The van der Waals surface area contributed by atoms with E-state index in [1.165, 1.54) is 12.1 Å². The van der Waals surface area contributed by atoms with Gasteiger partial charge in [-0.3, -0.25) is 4.90 Å². The van der Waals surface area contributed by atoms with E-state index in [0.29, 0.717) is 31.3 Å². The van der Waals surface area contributed by atoms with Crippen LogP contribution in [0.4, 0.5) is 14.0 Å². The third-order valence-electron chi connectivity index (χ3n) is 6.52. The smallest absolute Gasteiger partial charge is 0.450 e. The lowest BCUT2D eigenvalue weighted by atomic mass is 10.0. The van der Waals surface area contributed by atoms with Crippen molar-refractivity contribution in [3.05, 3.63) is 84.2 Å². The van der Waals surface area contributed by atoms with Crippen molar-refractivity contribution in [3.63, 3.8) is 0 Å². The fourth-order valence-electron chi connectivity index (χ4n) is 4.52. The number of hydrogen-bond acceptors (Lipinski definition) is 8. The molecule has 5 rings (SSSR count). The predicted molar refractivity (Wildman–Crippen MR) is 136 cm³/mol. The fraction of sp³-hybridized carbons (Fsp3) is 0.214. The number of rotatable bonds is 7. The fourth-order valence-corrected chi connectivity index (χ4v) is 4.52. The van der Waals surface area contributed by atoms with Gasteiger partial charge in [-0.25, -0.2) is 14.0 Å². The number of piperidine rings is 1. The molecule has 1 aromatic heterocycles. The molecule has 39 heavy (non-hydrogen) atoms. The van der Waals surface area contributed by atoms with Crippen LogP contribution in [0, 0.1) is 5.82 Å². The van der Waals surface area contributed by atoms with E-state index in [-0.39, 0.29) is 18.7 Å². The first-order valence-electron chi connectivity index (χ1n) is 12.1. The zero-order valence-electron chi connectivity index (χ0n) is 20.6. The van der Waals surface area contributed by atoms with Gasteiger partial charge in [-0.2, -0.15) is 4.98 Å². The van der Waals surface area contributed by atoms with Crippen LogP contribution in [0.5, 0.6) is 0 Å². The highest BCUT2D eigenvalue weighted by atomic mass is 19.1. The Bertz CT molecular complexity index is 1430. The number of hydrogen-bond donors (Lipinski definition) is 2. The SMILES string of the molecule is O=C(O)OC1(OC(=O)O)CCN(Cc2ccc(-c3noc(-c4ccc(-c5ccc(F)cc5)cc4)n3)cc2)CC1. The Morgan fingerprint density at radius 2 is 1.33 bits per heavy atom. The minimum absolute atomic E-state index is 0.0974. The van der Waals surface area contributed by atoms with E-state index in [1.807, 2.05) is 48.5 Å². The maximum absolute atomic E-state index is 13.2. The van der Waals surface area contributed by atoms with Gasteiger partial charge < -0.3 is 24.2 Å².